The molecule has 0 unspecified atom stereocenters. The fraction of sp³-hybridized carbons (Fsp3) is 0.471. The predicted molar refractivity (Wildman–Crippen MR) is 91.3 cm³/mol. The molecule has 0 bridgehead atoms. The Balaban J connectivity index is 2.51. The third-order valence-corrected chi connectivity index (χ3v) is 3.07. The van der Waals surface area contributed by atoms with Crippen LogP contribution in [0.3, 0.4) is 0 Å². The van der Waals surface area contributed by atoms with E-state index in [9.17, 15) is 4.79 Å². The van der Waals surface area contributed by atoms with Gasteiger partial charge in [0.15, 0.2) is 0 Å². The van der Waals surface area contributed by atoms with Gasteiger partial charge >= 0.3 is 0 Å². The highest BCUT2D eigenvalue weighted by atomic mass is 16.5. The molecule has 0 saturated heterocycles. The van der Waals surface area contributed by atoms with E-state index in [1.807, 2.05) is 21.0 Å². The molecule has 0 radical (unpaired) electrons. The van der Waals surface area contributed by atoms with Gasteiger partial charge in [-0.25, -0.2) is 0 Å². The number of nitrogens with two attached hydrogens (primary N) is 1. The molecule has 0 atom stereocenters. The van der Waals surface area contributed by atoms with Crippen LogP contribution in [0.5, 0.6) is 5.75 Å². The number of hydrogen-bond donors (Lipinski definition) is 2. The number of nitrogen functional groups attached to an aromatic ring is 1. The molecule has 1 rings (SSSR count). The van der Waals surface area contributed by atoms with Crippen LogP contribution in [-0.2, 0) is 0 Å². The largest absolute Gasteiger partial charge is 0.487 e. The summed E-state index contributed by atoms with van der Waals surface area (Å²) in [6.45, 7) is 7.73. The quantitative estimate of drug-likeness (QED) is 0.417. The molecule has 5 nitrogen and oxygen atoms in total. The summed E-state index contributed by atoms with van der Waals surface area (Å²) in [5, 5.41) is 2.91. The van der Waals surface area contributed by atoms with E-state index < -0.39 is 0 Å². The molecule has 0 aliphatic heterocycles. The first kappa shape index (κ1) is 18.0. The Morgan fingerprint density at radius 3 is 2.73 bits per heavy atom. The number of ether oxygens (including phenoxy) is 1. The number of carbonyl (C=O) groups excluding carboxylic acids is 1. The number of nitrogens with one attached hydrogen (secondary N) is 1. The van der Waals surface area contributed by atoms with Gasteiger partial charge in [0.25, 0.3) is 5.91 Å². The number of anilines is 1. The standard InChI is InChI=1S/C17H27N3O2/c1-13(2)12-22-16-11-14(7-8-15(16)18)17(21)19-9-5-6-10-20(3)4/h7-8,11H,1,5-6,9-10,12,18H2,2-4H3,(H,19,21). The fourth-order valence-electron chi connectivity index (χ4n) is 1.86. The lowest BCUT2D eigenvalue weighted by Crippen LogP contribution is -2.25. The van der Waals surface area contributed by atoms with Crippen molar-refractivity contribution >= 4 is 11.6 Å². The van der Waals surface area contributed by atoms with Crippen LogP contribution in [0.4, 0.5) is 5.69 Å². The Hall–Kier alpha value is -2.01. The summed E-state index contributed by atoms with van der Waals surface area (Å²) < 4.78 is 5.55. The van der Waals surface area contributed by atoms with Crippen LogP contribution >= 0.6 is 0 Å². The molecule has 1 aromatic carbocycles. The van der Waals surface area contributed by atoms with E-state index in [-0.39, 0.29) is 5.91 Å². The normalized spacial score (nSPS) is 10.5. The molecule has 122 valence electrons. The van der Waals surface area contributed by atoms with E-state index in [4.69, 9.17) is 10.5 Å². The van der Waals surface area contributed by atoms with Gasteiger partial charge in [0.1, 0.15) is 12.4 Å². The number of hydrogen-bond acceptors (Lipinski definition) is 4. The summed E-state index contributed by atoms with van der Waals surface area (Å²) in [6.07, 6.45) is 2.01. The molecule has 0 aliphatic rings. The monoisotopic (exact) mass is 305 g/mol. The van der Waals surface area contributed by atoms with Crippen LogP contribution < -0.4 is 15.8 Å². The maximum absolute atomic E-state index is 12.1. The van der Waals surface area contributed by atoms with Crippen molar-refractivity contribution in [2.45, 2.75) is 19.8 Å². The molecule has 0 aromatic heterocycles. The first-order chi connectivity index (χ1) is 10.4. The molecule has 1 amide bonds. The molecule has 3 N–H and O–H groups in total. The highest BCUT2D eigenvalue weighted by molar-refractivity contribution is 5.95. The van der Waals surface area contributed by atoms with Gasteiger partial charge in [0, 0.05) is 12.1 Å². The van der Waals surface area contributed by atoms with E-state index in [0.29, 0.717) is 30.2 Å². The highest BCUT2D eigenvalue weighted by Gasteiger charge is 2.09. The van der Waals surface area contributed by atoms with Gasteiger partial charge in [-0.1, -0.05) is 6.58 Å². The molecular weight excluding hydrogens is 278 g/mol. The lowest BCUT2D eigenvalue weighted by molar-refractivity contribution is 0.0952. The Morgan fingerprint density at radius 2 is 2.09 bits per heavy atom. The number of nitrogens with zero attached hydrogens (tertiary/aromatic N) is 1. The van der Waals surface area contributed by atoms with Gasteiger partial charge in [-0.05, 0) is 64.2 Å². The number of benzene rings is 1. The van der Waals surface area contributed by atoms with Crippen LogP contribution in [0, 0.1) is 0 Å². The summed E-state index contributed by atoms with van der Waals surface area (Å²) in [5.74, 6) is 0.410. The van der Waals surface area contributed by atoms with E-state index >= 15 is 0 Å². The highest BCUT2D eigenvalue weighted by Crippen LogP contribution is 2.23. The van der Waals surface area contributed by atoms with Gasteiger partial charge in [0.2, 0.25) is 0 Å². The third-order valence-electron chi connectivity index (χ3n) is 3.07. The van der Waals surface area contributed by atoms with Crippen molar-refractivity contribution in [3.8, 4) is 5.75 Å². The van der Waals surface area contributed by atoms with Crippen LogP contribution in [0.2, 0.25) is 0 Å². The number of unbranched alkanes of at least 4 members (excludes halogenated alkanes) is 1. The van der Waals surface area contributed by atoms with E-state index in [0.717, 1.165) is 25.0 Å². The molecule has 0 heterocycles. The zero-order chi connectivity index (χ0) is 16.5. The Bertz CT molecular complexity index is 513. The van der Waals surface area contributed by atoms with Crippen LogP contribution in [0.15, 0.2) is 30.4 Å². The van der Waals surface area contributed by atoms with E-state index in [1.54, 1.807) is 18.2 Å². The third kappa shape index (κ3) is 6.63. The molecule has 5 heteroatoms. The lowest BCUT2D eigenvalue weighted by Gasteiger charge is -2.12. The minimum atomic E-state index is -0.106. The minimum absolute atomic E-state index is 0.106. The van der Waals surface area contributed by atoms with Crippen molar-refractivity contribution in [1.29, 1.82) is 0 Å². The second-order valence-electron chi connectivity index (χ2n) is 5.76. The topological polar surface area (TPSA) is 67.6 Å². The molecule has 1 aromatic rings. The van der Waals surface area contributed by atoms with Crippen molar-refractivity contribution < 1.29 is 9.53 Å². The van der Waals surface area contributed by atoms with Crippen LogP contribution in [-0.4, -0.2) is 44.6 Å². The Morgan fingerprint density at radius 1 is 1.36 bits per heavy atom. The van der Waals surface area contributed by atoms with Gasteiger partial charge in [-0.2, -0.15) is 0 Å². The van der Waals surface area contributed by atoms with Crippen molar-refractivity contribution in [3.05, 3.63) is 35.9 Å². The van der Waals surface area contributed by atoms with Crippen LogP contribution in [0.25, 0.3) is 0 Å². The van der Waals surface area contributed by atoms with Crippen molar-refractivity contribution in [3.63, 3.8) is 0 Å². The van der Waals surface area contributed by atoms with E-state index in [1.165, 1.54) is 0 Å². The number of rotatable bonds is 9. The maximum atomic E-state index is 12.1. The van der Waals surface area contributed by atoms with Gasteiger partial charge in [-0.15, -0.1) is 0 Å². The van der Waals surface area contributed by atoms with Crippen molar-refractivity contribution in [2.24, 2.45) is 0 Å². The first-order valence-corrected chi connectivity index (χ1v) is 7.49. The summed E-state index contributed by atoms with van der Waals surface area (Å²) in [5.41, 5.74) is 7.82. The minimum Gasteiger partial charge on any atom is -0.487 e. The van der Waals surface area contributed by atoms with Crippen molar-refractivity contribution in [1.82, 2.24) is 10.2 Å². The van der Waals surface area contributed by atoms with Gasteiger partial charge < -0.3 is 20.7 Å². The van der Waals surface area contributed by atoms with E-state index in [2.05, 4.69) is 16.8 Å². The van der Waals surface area contributed by atoms with Gasteiger partial charge in [-0.3, -0.25) is 4.79 Å². The lowest BCUT2D eigenvalue weighted by atomic mass is 10.1. The zero-order valence-electron chi connectivity index (χ0n) is 13.8. The molecule has 0 fully saturated rings. The summed E-state index contributed by atoms with van der Waals surface area (Å²) in [7, 11) is 4.08. The molecule has 22 heavy (non-hydrogen) atoms. The summed E-state index contributed by atoms with van der Waals surface area (Å²) >= 11 is 0. The Kier molecular flexibility index (Phi) is 7.46. The number of amides is 1. The molecule has 0 aliphatic carbocycles. The Labute approximate surface area is 133 Å². The SMILES string of the molecule is C=C(C)COc1cc(C(=O)NCCCCN(C)C)ccc1N. The molecule has 0 spiro atoms. The molecule has 0 saturated carbocycles. The maximum Gasteiger partial charge on any atom is 0.251 e. The summed E-state index contributed by atoms with van der Waals surface area (Å²) in [4.78, 5) is 14.2. The smallest absolute Gasteiger partial charge is 0.251 e. The van der Waals surface area contributed by atoms with Crippen LogP contribution in [0.1, 0.15) is 30.1 Å². The zero-order valence-corrected chi connectivity index (χ0v) is 13.8. The average molecular weight is 305 g/mol. The number of carbonyl (C=O) groups is 1. The first-order valence-electron chi connectivity index (χ1n) is 7.49. The predicted octanol–water partition coefficient (Wildman–Crippen LogP) is 2.30. The molecular formula is C17H27N3O2. The average Bonchev–Trinajstić information content (AvgIpc) is 2.45. The van der Waals surface area contributed by atoms with Crippen molar-refractivity contribution in [2.75, 3.05) is 39.5 Å². The fourth-order valence-corrected chi connectivity index (χ4v) is 1.86. The van der Waals surface area contributed by atoms with Gasteiger partial charge in [0.05, 0.1) is 5.69 Å². The second kappa shape index (κ2) is 9.10. The summed E-state index contributed by atoms with van der Waals surface area (Å²) in [6, 6.07) is 5.07. The second-order valence-corrected chi connectivity index (χ2v) is 5.76.